The van der Waals surface area contributed by atoms with E-state index in [0.717, 1.165) is 0 Å². The van der Waals surface area contributed by atoms with Crippen molar-refractivity contribution in [3.8, 4) is 0 Å². The van der Waals surface area contributed by atoms with E-state index in [0.29, 0.717) is 5.69 Å². The quantitative estimate of drug-likeness (QED) is 0.615. The van der Waals surface area contributed by atoms with Crippen LogP contribution < -0.4 is 5.73 Å². The molecule has 1 aromatic heterocycles. The molecule has 0 bridgehead atoms. The van der Waals surface area contributed by atoms with E-state index in [1.165, 1.54) is 6.33 Å². The fourth-order valence-corrected chi connectivity index (χ4v) is 0.650. The van der Waals surface area contributed by atoms with E-state index >= 15 is 0 Å². The second-order valence-electron chi connectivity index (χ2n) is 1.92. The fourth-order valence-electron chi connectivity index (χ4n) is 0.650. The monoisotopic (exact) mass is 141 g/mol. The highest BCUT2D eigenvalue weighted by atomic mass is 19.1. The smallest absolute Gasteiger partial charge is 0.167 e. The SMILES string of the molecule is Cc1ncnc(CN)c1F. The largest absolute Gasteiger partial charge is 0.325 e. The maximum Gasteiger partial charge on any atom is 0.167 e. The van der Waals surface area contributed by atoms with Crippen molar-refractivity contribution in [1.29, 1.82) is 0 Å². The molecule has 4 heteroatoms. The Kier molecular flexibility index (Phi) is 1.91. The van der Waals surface area contributed by atoms with Gasteiger partial charge in [0.15, 0.2) is 5.82 Å². The molecule has 1 rings (SSSR count). The summed E-state index contributed by atoms with van der Waals surface area (Å²) in [5, 5.41) is 0. The van der Waals surface area contributed by atoms with Gasteiger partial charge in [-0.25, -0.2) is 14.4 Å². The molecule has 54 valence electrons. The first-order valence-electron chi connectivity index (χ1n) is 2.91. The number of nitrogens with two attached hydrogens (primary N) is 1. The Morgan fingerprint density at radius 2 is 2.30 bits per heavy atom. The van der Waals surface area contributed by atoms with Gasteiger partial charge in [-0.05, 0) is 6.92 Å². The predicted octanol–water partition coefficient (Wildman–Crippen LogP) is 0.383. The Labute approximate surface area is 58.1 Å². The summed E-state index contributed by atoms with van der Waals surface area (Å²) in [4.78, 5) is 7.29. The van der Waals surface area contributed by atoms with Crippen molar-refractivity contribution in [3.05, 3.63) is 23.5 Å². The molecule has 0 spiro atoms. The second kappa shape index (κ2) is 2.70. The summed E-state index contributed by atoms with van der Waals surface area (Å²) in [6.07, 6.45) is 1.31. The standard InChI is InChI=1S/C6H8FN3/c1-4-6(7)5(2-8)10-3-9-4/h3H,2,8H2,1H3. The highest BCUT2D eigenvalue weighted by molar-refractivity contribution is 5.09. The van der Waals surface area contributed by atoms with Crippen LogP contribution in [0, 0.1) is 12.7 Å². The third-order valence-electron chi connectivity index (χ3n) is 1.23. The zero-order valence-electron chi connectivity index (χ0n) is 5.63. The van der Waals surface area contributed by atoms with Gasteiger partial charge in [0.2, 0.25) is 0 Å². The minimum absolute atomic E-state index is 0.120. The summed E-state index contributed by atoms with van der Waals surface area (Å²) in [6.45, 7) is 1.70. The summed E-state index contributed by atoms with van der Waals surface area (Å²) in [7, 11) is 0. The number of hydrogen-bond donors (Lipinski definition) is 1. The molecule has 0 atom stereocenters. The zero-order valence-corrected chi connectivity index (χ0v) is 5.63. The Hall–Kier alpha value is -1.03. The molecular formula is C6H8FN3. The number of nitrogens with zero attached hydrogens (tertiary/aromatic N) is 2. The minimum atomic E-state index is -0.398. The number of aromatic nitrogens is 2. The highest BCUT2D eigenvalue weighted by Gasteiger charge is 2.03. The normalized spacial score (nSPS) is 9.90. The van der Waals surface area contributed by atoms with Crippen LogP contribution in [-0.4, -0.2) is 9.97 Å². The molecule has 2 N–H and O–H groups in total. The van der Waals surface area contributed by atoms with Gasteiger partial charge in [0, 0.05) is 6.54 Å². The Balaban J connectivity index is 3.14. The third kappa shape index (κ3) is 1.11. The molecule has 0 aliphatic carbocycles. The van der Waals surface area contributed by atoms with Crippen molar-refractivity contribution in [2.24, 2.45) is 5.73 Å². The number of halogens is 1. The first-order chi connectivity index (χ1) is 4.75. The fraction of sp³-hybridized carbons (Fsp3) is 0.333. The molecule has 0 amide bonds. The molecule has 0 saturated carbocycles. The van der Waals surface area contributed by atoms with Crippen molar-refractivity contribution in [1.82, 2.24) is 9.97 Å². The molecule has 0 aromatic carbocycles. The van der Waals surface area contributed by atoms with Gasteiger partial charge in [0.1, 0.15) is 6.33 Å². The molecule has 0 aliphatic rings. The van der Waals surface area contributed by atoms with Crippen molar-refractivity contribution in [2.75, 3.05) is 0 Å². The van der Waals surface area contributed by atoms with Gasteiger partial charge in [-0.2, -0.15) is 0 Å². The topological polar surface area (TPSA) is 51.8 Å². The van der Waals surface area contributed by atoms with Gasteiger partial charge in [-0.1, -0.05) is 0 Å². The van der Waals surface area contributed by atoms with E-state index in [-0.39, 0.29) is 12.2 Å². The summed E-state index contributed by atoms with van der Waals surface area (Å²) in [6, 6.07) is 0. The molecule has 0 fully saturated rings. The van der Waals surface area contributed by atoms with Crippen LogP contribution in [-0.2, 0) is 6.54 Å². The van der Waals surface area contributed by atoms with Gasteiger partial charge < -0.3 is 5.73 Å². The summed E-state index contributed by atoms with van der Waals surface area (Å²) >= 11 is 0. The van der Waals surface area contributed by atoms with E-state index < -0.39 is 5.82 Å². The molecule has 0 unspecified atom stereocenters. The number of aryl methyl sites for hydroxylation is 1. The van der Waals surface area contributed by atoms with Crippen molar-refractivity contribution >= 4 is 0 Å². The van der Waals surface area contributed by atoms with E-state index in [9.17, 15) is 4.39 Å². The van der Waals surface area contributed by atoms with Gasteiger partial charge in [0.25, 0.3) is 0 Å². The van der Waals surface area contributed by atoms with Gasteiger partial charge >= 0.3 is 0 Å². The zero-order chi connectivity index (χ0) is 7.56. The Morgan fingerprint density at radius 3 is 2.80 bits per heavy atom. The average molecular weight is 141 g/mol. The second-order valence-corrected chi connectivity index (χ2v) is 1.92. The lowest BCUT2D eigenvalue weighted by molar-refractivity contribution is 0.580. The predicted molar refractivity (Wildman–Crippen MR) is 34.6 cm³/mol. The molecule has 1 heterocycles. The van der Waals surface area contributed by atoms with Gasteiger partial charge in [-0.3, -0.25) is 0 Å². The number of hydrogen-bond acceptors (Lipinski definition) is 3. The lowest BCUT2D eigenvalue weighted by Crippen LogP contribution is -2.05. The average Bonchev–Trinajstić information content (AvgIpc) is 1.95. The molecule has 0 radical (unpaired) electrons. The lowest BCUT2D eigenvalue weighted by atomic mass is 10.3. The maximum atomic E-state index is 12.8. The van der Waals surface area contributed by atoms with Crippen molar-refractivity contribution < 1.29 is 4.39 Å². The Morgan fingerprint density at radius 1 is 1.60 bits per heavy atom. The van der Waals surface area contributed by atoms with E-state index in [2.05, 4.69) is 9.97 Å². The lowest BCUT2D eigenvalue weighted by Gasteiger charge is -1.98. The van der Waals surface area contributed by atoms with Crippen molar-refractivity contribution in [3.63, 3.8) is 0 Å². The summed E-state index contributed by atoms with van der Waals surface area (Å²) in [5.74, 6) is -0.398. The van der Waals surface area contributed by atoms with Crippen LogP contribution >= 0.6 is 0 Å². The van der Waals surface area contributed by atoms with Crippen molar-refractivity contribution in [2.45, 2.75) is 13.5 Å². The molecule has 10 heavy (non-hydrogen) atoms. The maximum absolute atomic E-state index is 12.8. The highest BCUT2D eigenvalue weighted by Crippen LogP contribution is 2.04. The van der Waals surface area contributed by atoms with Crippen LogP contribution in [0.3, 0.4) is 0 Å². The van der Waals surface area contributed by atoms with Gasteiger partial charge in [-0.15, -0.1) is 0 Å². The minimum Gasteiger partial charge on any atom is -0.325 e. The van der Waals surface area contributed by atoms with Gasteiger partial charge in [0.05, 0.1) is 11.4 Å². The molecule has 0 saturated heterocycles. The molecular weight excluding hydrogens is 133 g/mol. The van der Waals surface area contributed by atoms with Crippen LogP contribution in [0.1, 0.15) is 11.4 Å². The third-order valence-corrected chi connectivity index (χ3v) is 1.23. The van der Waals surface area contributed by atoms with E-state index in [1.54, 1.807) is 6.92 Å². The van der Waals surface area contributed by atoms with Crippen LogP contribution in [0.4, 0.5) is 4.39 Å². The number of rotatable bonds is 1. The van der Waals surface area contributed by atoms with E-state index in [1.807, 2.05) is 0 Å². The summed E-state index contributed by atoms with van der Waals surface area (Å²) in [5.41, 5.74) is 5.80. The first kappa shape index (κ1) is 7.08. The Bertz CT molecular complexity index is 236. The summed E-state index contributed by atoms with van der Waals surface area (Å²) < 4.78 is 12.8. The van der Waals surface area contributed by atoms with E-state index in [4.69, 9.17) is 5.73 Å². The molecule has 1 aromatic rings. The molecule has 3 nitrogen and oxygen atoms in total. The molecule has 0 aliphatic heterocycles. The first-order valence-corrected chi connectivity index (χ1v) is 2.91. The van der Waals surface area contributed by atoms with Crippen LogP contribution in [0.2, 0.25) is 0 Å². The van der Waals surface area contributed by atoms with Crippen LogP contribution in [0.15, 0.2) is 6.33 Å². The van der Waals surface area contributed by atoms with Crippen LogP contribution in [0.25, 0.3) is 0 Å². The van der Waals surface area contributed by atoms with Crippen LogP contribution in [0.5, 0.6) is 0 Å².